The molecule has 2 aromatic rings. The first kappa shape index (κ1) is 16.0. The monoisotopic (exact) mass is 411 g/mol. The number of carbonyl (C=O) groups excluding carboxylic acids is 1. The van der Waals surface area contributed by atoms with Crippen molar-refractivity contribution in [2.75, 3.05) is 7.11 Å². The van der Waals surface area contributed by atoms with E-state index in [9.17, 15) is 4.79 Å². The van der Waals surface area contributed by atoms with Gasteiger partial charge in [-0.1, -0.05) is 34.1 Å². The van der Waals surface area contributed by atoms with E-state index in [-0.39, 0.29) is 11.9 Å². The highest BCUT2D eigenvalue weighted by atomic mass is 79.9. The Morgan fingerprint density at radius 3 is 2.48 bits per heavy atom. The summed E-state index contributed by atoms with van der Waals surface area (Å²) in [5.74, 6) is 0.576. The highest BCUT2D eigenvalue weighted by molar-refractivity contribution is 9.10. The SMILES string of the molecule is COc1ccc(C(=O)N[C@H](C)c2ccccc2Br)cc1Br. The molecule has 0 bridgehead atoms. The first-order valence-corrected chi connectivity index (χ1v) is 8.00. The molecule has 5 heteroatoms. The minimum atomic E-state index is -0.124. The number of rotatable bonds is 4. The summed E-state index contributed by atoms with van der Waals surface area (Å²) in [5, 5.41) is 2.99. The van der Waals surface area contributed by atoms with Crippen LogP contribution in [0.3, 0.4) is 0 Å². The predicted molar refractivity (Wildman–Crippen MR) is 90.7 cm³/mol. The minimum Gasteiger partial charge on any atom is -0.496 e. The summed E-state index contributed by atoms with van der Waals surface area (Å²) in [5.41, 5.74) is 1.63. The van der Waals surface area contributed by atoms with Crippen LogP contribution in [0.25, 0.3) is 0 Å². The second-order valence-corrected chi connectivity index (χ2v) is 6.27. The van der Waals surface area contributed by atoms with E-state index in [2.05, 4.69) is 37.2 Å². The van der Waals surface area contributed by atoms with Gasteiger partial charge in [0.2, 0.25) is 0 Å². The van der Waals surface area contributed by atoms with Crippen molar-refractivity contribution in [2.45, 2.75) is 13.0 Å². The number of carbonyl (C=O) groups is 1. The van der Waals surface area contributed by atoms with Gasteiger partial charge in [0, 0.05) is 10.0 Å². The lowest BCUT2D eigenvalue weighted by Crippen LogP contribution is -2.26. The molecule has 1 N–H and O–H groups in total. The largest absolute Gasteiger partial charge is 0.496 e. The molecule has 1 amide bonds. The first-order chi connectivity index (χ1) is 10.0. The van der Waals surface area contributed by atoms with Crippen molar-refractivity contribution in [3.05, 3.63) is 62.5 Å². The summed E-state index contributed by atoms with van der Waals surface area (Å²) in [6.45, 7) is 1.95. The topological polar surface area (TPSA) is 38.3 Å². The van der Waals surface area contributed by atoms with Crippen molar-refractivity contribution in [2.24, 2.45) is 0 Å². The molecule has 2 rings (SSSR count). The van der Waals surface area contributed by atoms with Crippen molar-refractivity contribution < 1.29 is 9.53 Å². The standard InChI is InChI=1S/C16H15Br2NO2/c1-10(12-5-3-4-6-13(12)17)19-16(20)11-7-8-15(21-2)14(18)9-11/h3-10H,1-2H3,(H,19,20)/t10-/m1/s1. The van der Waals surface area contributed by atoms with Crippen LogP contribution in [0.15, 0.2) is 51.4 Å². The van der Waals surface area contributed by atoms with E-state index >= 15 is 0 Å². The molecule has 0 radical (unpaired) electrons. The summed E-state index contributed by atoms with van der Waals surface area (Å²) in [7, 11) is 1.59. The van der Waals surface area contributed by atoms with Crippen LogP contribution in [-0.4, -0.2) is 13.0 Å². The van der Waals surface area contributed by atoms with Gasteiger partial charge in [0.05, 0.1) is 17.6 Å². The number of hydrogen-bond acceptors (Lipinski definition) is 2. The van der Waals surface area contributed by atoms with Crippen molar-refractivity contribution in [1.82, 2.24) is 5.32 Å². The Bertz CT molecular complexity index is 658. The van der Waals surface area contributed by atoms with Crippen LogP contribution in [0.4, 0.5) is 0 Å². The van der Waals surface area contributed by atoms with Gasteiger partial charge in [-0.2, -0.15) is 0 Å². The van der Waals surface area contributed by atoms with Crippen LogP contribution in [0, 0.1) is 0 Å². The third kappa shape index (κ3) is 3.86. The number of ether oxygens (including phenoxy) is 1. The smallest absolute Gasteiger partial charge is 0.251 e. The average molecular weight is 413 g/mol. The second-order valence-electron chi connectivity index (χ2n) is 4.57. The molecule has 0 unspecified atom stereocenters. The van der Waals surface area contributed by atoms with E-state index in [1.807, 2.05) is 31.2 Å². The highest BCUT2D eigenvalue weighted by Crippen LogP contribution is 2.26. The van der Waals surface area contributed by atoms with Crippen molar-refractivity contribution in [3.8, 4) is 5.75 Å². The van der Waals surface area contributed by atoms with E-state index in [0.717, 1.165) is 14.5 Å². The van der Waals surface area contributed by atoms with Crippen LogP contribution in [0.1, 0.15) is 28.9 Å². The Kier molecular flexibility index (Phi) is 5.42. The summed E-state index contributed by atoms with van der Waals surface area (Å²) in [6, 6.07) is 13.0. The van der Waals surface area contributed by atoms with Gasteiger partial charge < -0.3 is 10.1 Å². The number of halogens is 2. The molecular weight excluding hydrogens is 398 g/mol. The van der Waals surface area contributed by atoms with Crippen molar-refractivity contribution in [3.63, 3.8) is 0 Å². The van der Waals surface area contributed by atoms with Crippen LogP contribution < -0.4 is 10.1 Å². The summed E-state index contributed by atoms with van der Waals surface area (Å²) < 4.78 is 6.90. The summed E-state index contributed by atoms with van der Waals surface area (Å²) in [6.07, 6.45) is 0. The molecule has 3 nitrogen and oxygen atoms in total. The van der Waals surface area contributed by atoms with E-state index in [0.29, 0.717) is 11.3 Å². The van der Waals surface area contributed by atoms with Crippen LogP contribution in [0.2, 0.25) is 0 Å². The quantitative estimate of drug-likeness (QED) is 0.789. The maximum atomic E-state index is 12.3. The number of hydrogen-bond donors (Lipinski definition) is 1. The maximum Gasteiger partial charge on any atom is 0.251 e. The first-order valence-electron chi connectivity index (χ1n) is 6.41. The lowest BCUT2D eigenvalue weighted by molar-refractivity contribution is 0.0939. The van der Waals surface area contributed by atoms with Gasteiger partial charge in [-0.25, -0.2) is 0 Å². The molecule has 0 aliphatic carbocycles. The zero-order valence-electron chi connectivity index (χ0n) is 11.7. The Morgan fingerprint density at radius 1 is 1.14 bits per heavy atom. The van der Waals surface area contributed by atoms with E-state index in [1.165, 1.54) is 0 Å². The number of amides is 1. The summed E-state index contributed by atoms with van der Waals surface area (Å²) in [4.78, 5) is 12.3. The Hall–Kier alpha value is -1.33. The molecule has 0 fully saturated rings. The Morgan fingerprint density at radius 2 is 1.86 bits per heavy atom. The molecule has 110 valence electrons. The normalized spacial score (nSPS) is 11.8. The molecule has 0 aliphatic rings. The number of nitrogens with one attached hydrogen (secondary N) is 1. The van der Waals surface area contributed by atoms with E-state index in [1.54, 1.807) is 25.3 Å². The van der Waals surface area contributed by atoms with Gasteiger partial charge in [-0.3, -0.25) is 4.79 Å². The molecule has 0 saturated carbocycles. The van der Waals surface area contributed by atoms with Crippen LogP contribution in [-0.2, 0) is 0 Å². The average Bonchev–Trinajstić information content (AvgIpc) is 2.47. The highest BCUT2D eigenvalue weighted by Gasteiger charge is 2.14. The molecule has 0 aromatic heterocycles. The molecule has 21 heavy (non-hydrogen) atoms. The molecular formula is C16H15Br2NO2. The molecule has 0 aliphatic heterocycles. The molecule has 2 aromatic carbocycles. The van der Waals surface area contributed by atoms with Gasteiger partial charge in [-0.05, 0) is 52.7 Å². The number of methoxy groups -OCH3 is 1. The zero-order valence-corrected chi connectivity index (χ0v) is 14.9. The van der Waals surface area contributed by atoms with Gasteiger partial charge >= 0.3 is 0 Å². The Labute approximate surface area is 141 Å². The van der Waals surface area contributed by atoms with Crippen LogP contribution in [0.5, 0.6) is 5.75 Å². The fraction of sp³-hybridized carbons (Fsp3) is 0.188. The minimum absolute atomic E-state index is 0.0889. The molecule has 0 saturated heterocycles. The predicted octanol–water partition coefficient (Wildman–Crippen LogP) is 4.71. The third-order valence-corrected chi connectivity index (χ3v) is 4.48. The van der Waals surface area contributed by atoms with Crippen molar-refractivity contribution in [1.29, 1.82) is 0 Å². The lowest BCUT2D eigenvalue weighted by Gasteiger charge is -2.16. The number of benzene rings is 2. The molecule has 0 spiro atoms. The van der Waals surface area contributed by atoms with E-state index < -0.39 is 0 Å². The lowest BCUT2D eigenvalue weighted by atomic mass is 10.1. The molecule has 0 heterocycles. The van der Waals surface area contributed by atoms with E-state index in [4.69, 9.17) is 4.74 Å². The van der Waals surface area contributed by atoms with Crippen molar-refractivity contribution >= 4 is 37.8 Å². The van der Waals surface area contributed by atoms with Gasteiger partial charge in [0.15, 0.2) is 0 Å². The fourth-order valence-electron chi connectivity index (χ4n) is 1.99. The fourth-order valence-corrected chi connectivity index (χ4v) is 3.16. The maximum absolute atomic E-state index is 12.3. The summed E-state index contributed by atoms with van der Waals surface area (Å²) >= 11 is 6.88. The third-order valence-electron chi connectivity index (χ3n) is 3.13. The van der Waals surface area contributed by atoms with Gasteiger partial charge in [0.1, 0.15) is 5.75 Å². The van der Waals surface area contributed by atoms with Gasteiger partial charge in [0.25, 0.3) is 5.91 Å². The zero-order chi connectivity index (χ0) is 15.4. The Balaban J connectivity index is 2.14. The van der Waals surface area contributed by atoms with Crippen LogP contribution >= 0.6 is 31.9 Å². The second kappa shape index (κ2) is 7.09. The van der Waals surface area contributed by atoms with Gasteiger partial charge in [-0.15, -0.1) is 0 Å². The molecule has 1 atom stereocenters.